The summed E-state index contributed by atoms with van der Waals surface area (Å²) in [7, 11) is 0. The molecule has 0 spiro atoms. The fourth-order valence-electron chi connectivity index (χ4n) is 1.99. The highest BCUT2D eigenvalue weighted by atomic mass is 32.2. The molecule has 0 unspecified atom stereocenters. The summed E-state index contributed by atoms with van der Waals surface area (Å²) in [4.78, 5) is 13.3. The maximum atomic E-state index is 13.9. The van der Waals surface area contributed by atoms with Gasteiger partial charge in [-0.25, -0.2) is 17.6 Å². The molecular weight excluding hydrogens is 328 g/mol. The Morgan fingerprint density at radius 3 is 1.96 bits per heavy atom. The Balaban J connectivity index is 2.51. The molecule has 6 heteroatoms. The van der Waals surface area contributed by atoms with Crippen LogP contribution in [-0.4, -0.2) is 18.5 Å². The van der Waals surface area contributed by atoms with Gasteiger partial charge in [-0.05, 0) is 48.2 Å². The minimum atomic E-state index is -3.43. The SMILES string of the molecule is CSc1ccc(C(=O)/C(=C(\F)C(F)F)c2ccc(F)cc2)cc1. The minimum absolute atomic E-state index is 0.0814. The molecule has 0 heterocycles. The fourth-order valence-corrected chi connectivity index (χ4v) is 2.40. The molecule has 0 aromatic heterocycles. The minimum Gasteiger partial charge on any atom is -0.288 e. The number of halogens is 4. The number of thioether (sulfide) groups is 1. The van der Waals surface area contributed by atoms with Gasteiger partial charge in [-0.1, -0.05) is 12.1 Å². The molecule has 0 N–H and O–H groups in total. The van der Waals surface area contributed by atoms with Gasteiger partial charge in [0.1, 0.15) is 5.82 Å². The average molecular weight is 340 g/mol. The molecule has 0 fully saturated rings. The molecule has 0 aliphatic rings. The highest BCUT2D eigenvalue weighted by Gasteiger charge is 2.25. The van der Waals surface area contributed by atoms with Gasteiger partial charge in [0.05, 0.1) is 5.57 Å². The highest BCUT2D eigenvalue weighted by molar-refractivity contribution is 7.98. The van der Waals surface area contributed by atoms with E-state index in [1.54, 1.807) is 12.1 Å². The maximum Gasteiger partial charge on any atom is 0.290 e. The van der Waals surface area contributed by atoms with Gasteiger partial charge in [0.15, 0.2) is 11.6 Å². The first-order chi connectivity index (χ1) is 10.9. The van der Waals surface area contributed by atoms with Gasteiger partial charge >= 0.3 is 0 Å². The predicted molar refractivity (Wildman–Crippen MR) is 83.0 cm³/mol. The van der Waals surface area contributed by atoms with Crippen molar-refractivity contribution in [3.8, 4) is 0 Å². The van der Waals surface area contributed by atoms with Crippen LogP contribution >= 0.6 is 11.8 Å². The molecule has 120 valence electrons. The van der Waals surface area contributed by atoms with Crippen LogP contribution in [0.1, 0.15) is 15.9 Å². The van der Waals surface area contributed by atoms with Crippen LogP contribution < -0.4 is 0 Å². The number of hydrogen-bond donors (Lipinski definition) is 0. The first-order valence-electron chi connectivity index (χ1n) is 6.56. The van der Waals surface area contributed by atoms with E-state index in [-0.39, 0.29) is 11.1 Å². The van der Waals surface area contributed by atoms with Crippen molar-refractivity contribution in [2.45, 2.75) is 11.3 Å². The Labute approximate surface area is 135 Å². The van der Waals surface area contributed by atoms with Gasteiger partial charge in [-0.2, -0.15) is 0 Å². The predicted octanol–water partition coefficient (Wildman–Crippen LogP) is 5.38. The molecule has 23 heavy (non-hydrogen) atoms. The van der Waals surface area contributed by atoms with Crippen molar-refractivity contribution in [3.63, 3.8) is 0 Å². The van der Waals surface area contributed by atoms with Crippen LogP contribution in [0.3, 0.4) is 0 Å². The standard InChI is InChI=1S/C17H12F4OS/c1-23-13-8-4-11(5-9-13)16(22)14(15(19)17(20)21)10-2-6-12(18)7-3-10/h2-9,17H,1H3/b15-14-. The van der Waals surface area contributed by atoms with E-state index >= 15 is 0 Å². The topological polar surface area (TPSA) is 17.1 Å². The van der Waals surface area contributed by atoms with Crippen LogP contribution in [0.15, 0.2) is 59.3 Å². The van der Waals surface area contributed by atoms with Gasteiger partial charge < -0.3 is 0 Å². The van der Waals surface area contributed by atoms with E-state index in [0.29, 0.717) is 0 Å². The number of benzene rings is 2. The molecule has 0 aliphatic carbocycles. The Morgan fingerprint density at radius 2 is 1.48 bits per heavy atom. The van der Waals surface area contributed by atoms with E-state index in [0.717, 1.165) is 29.2 Å². The molecule has 0 saturated heterocycles. The summed E-state index contributed by atoms with van der Waals surface area (Å²) >= 11 is 1.45. The first kappa shape index (κ1) is 17.3. The van der Waals surface area contributed by atoms with Gasteiger partial charge in [0, 0.05) is 10.5 Å². The first-order valence-corrected chi connectivity index (χ1v) is 7.79. The number of Topliss-reactive ketones (excluding diaryl/α,β-unsaturated/α-hetero) is 1. The summed E-state index contributed by atoms with van der Waals surface area (Å²) in [5, 5.41) is 0. The lowest BCUT2D eigenvalue weighted by Crippen LogP contribution is -2.08. The normalized spacial score (nSPS) is 12.3. The maximum absolute atomic E-state index is 13.9. The zero-order valence-corrected chi connectivity index (χ0v) is 12.8. The molecule has 0 atom stereocenters. The molecule has 0 bridgehead atoms. The van der Waals surface area contributed by atoms with Crippen molar-refractivity contribution < 1.29 is 22.4 Å². The van der Waals surface area contributed by atoms with Gasteiger partial charge in [0.25, 0.3) is 6.43 Å². The Hall–Kier alpha value is -2.08. The van der Waals surface area contributed by atoms with E-state index in [1.165, 1.54) is 23.9 Å². The van der Waals surface area contributed by atoms with Crippen molar-refractivity contribution in [2.24, 2.45) is 0 Å². The molecule has 0 saturated carbocycles. The van der Waals surface area contributed by atoms with Crippen molar-refractivity contribution in [1.82, 2.24) is 0 Å². The van der Waals surface area contributed by atoms with Crippen molar-refractivity contribution in [2.75, 3.05) is 6.26 Å². The number of carbonyl (C=O) groups is 1. The number of carbonyl (C=O) groups excluding carboxylic acids is 1. The Bertz CT molecular complexity index is 721. The van der Waals surface area contributed by atoms with E-state index in [2.05, 4.69) is 0 Å². The van der Waals surface area contributed by atoms with Gasteiger partial charge in [0.2, 0.25) is 0 Å². The summed E-state index contributed by atoms with van der Waals surface area (Å²) in [5.74, 6) is -3.31. The molecule has 2 aromatic carbocycles. The second-order valence-corrected chi connectivity index (χ2v) is 5.47. The van der Waals surface area contributed by atoms with E-state index in [9.17, 15) is 22.4 Å². The third-order valence-corrected chi connectivity index (χ3v) is 3.89. The van der Waals surface area contributed by atoms with E-state index < -0.39 is 29.4 Å². The molecule has 1 nitrogen and oxygen atoms in total. The van der Waals surface area contributed by atoms with Crippen molar-refractivity contribution in [3.05, 3.63) is 71.3 Å². The molecule has 0 radical (unpaired) electrons. The lowest BCUT2D eigenvalue weighted by atomic mass is 9.96. The summed E-state index contributed by atoms with van der Waals surface area (Å²) in [6.07, 6.45) is -1.58. The van der Waals surface area contributed by atoms with Gasteiger partial charge in [-0.15, -0.1) is 11.8 Å². The van der Waals surface area contributed by atoms with Crippen LogP contribution in [0, 0.1) is 5.82 Å². The summed E-state index contributed by atoms with van der Waals surface area (Å²) in [6.45, 7) is 0. The average Bonchev–Trinajstić information content (AvgIpc) is 2.56. The van der Waals surface area contributed by atoms with Crippen molar-refractivity contribution >= 4 is 23.1 Å². The van der Waals surface area contributed by atoms with Crippen LogP contribution in [-0.2, 0) is 0 Å². The van der Waals surface area contributed by atoms with Crippen LogP contribution in [0.5, 0.6) is 0 Å². The zero-order chi connectivity index (χ0) is 17.0. The second-order valence-electron chi connectivity index (χ2n) is 4.59. The van der Waals surface area contributed by atoms with Crippen molar-refractivity contribution in [1.29, 1.82) is 0 Å². The largest absolute Gasteiger partial charge is 0.290 e. The monoisotopic (exact) mass is 340 g/mol. The lowest BCUT2D eigenvalue weighted by molar-refractivity contribution is 0.104. The third-order valence-electron chi connectivity index (χ3n) is 3.14. The summed E-state index contributed by atoms with van der Waals surface area (Å²) in [5.41, 5.74) is -0.766. The van der Waals surface area contributed by atoms with E-state index in [1.807, 2.05) is 6.26 Å². The smallest absolute Gasteiger partial charge is 0.288 e. The molecule has 0 aliphatic heterocycles. The van der Waals surface area contributed by atoms with Crippen LogP contribution in [0.4, 0.5) is 17.6 Å². The molecule has 2 aromatic rings. The van der Waals surface area contributed by atoms with Gasteiger partial charge in [-0.3, -0.25) is 4.79 Å². The Morgan fingerprint density at radius 1 is 0.957 bits per heavy atom. The van der Waals surface area contributed by atoms with E-state index in [4.69, 9.17) is 0 Å². The number of rotatable bonds is 5. The van der Waals surface area contributed by atoms with Crippen LogP contribution in [0.25, 0.3) is 5.57 Å². The second kappa shape index (κ2) is 7.46. The Kier molecular flexibility index (Phi) is 5.60. The molecular formula is C17H12F4OS. The molecule has 2 rings (SSSR count). The quantitative estimate of drug-likeness (QED) is 0.315. The fraction of sp³-hybridized carbons (Fsp3) is 0.118. The number of hydrogen-bond acceptors (Lipinski definition) is 2. The lowest BCUT2D eigenvalue weighted by Gasteiger charge is -2.10. The highest BCUT2D eigenvalue weighted by Crippen LogP contribution is 2.29. The summed E-state index contributed by atoms with van der Waals surface area (Å²) in [6, 6.07) is 10.3. The number of allylic oxidation sites excluding steroid dienone is 2. The number of alkyl halides is 2. The van der Waals surface area contributed by atoms with Crippen LogP contribution in [0.2, 0.25) is 0 Å². The number of ketones is 1. The summed E-state index contributed by atoms with van der Waals surface area (Å²) < 4.78 is 52.4. The molecule has 0 amide bonds. The zero-order valence-electron chi connectivity index (χ0n) is 12.0. The third kappa shape index (κ3) is 4.01.